The molecule has 0 atom stereocenters. The van der Waals surface area contributed by atoms with E-state index in [1.807, 2.05) is 22.9 Å². The molecule has 0 fully saturated rings. The average molecular weight is 231 g/mol. The van der Waals surface area contributed by atoms with Gasteiger partial charge in [-0.25, -0.2) is 0 Å². The Labute approximate surface area is 101 Å². The third kappa shape index (κ3) is 2.61. The van der Waals surface area contributed by atoms with E-state index in [-0.39, 0.29) is 0 Å². The van der Waals surface area contributed by atoms with Crippen LogP contribution in [0.4, 0.5) is 5.82 Å². The summed E-state index contributed by atoms with van der Waals surface area (Å²) in [6.07, 6.45) is 1.78. The van der Waals surface area contributed by atoms with Crippen molar-refractivity contribution in [1.82, 2.24) is 20.0 Å². The molecule has 2 aromatic heterocycles. The molecule has 0 aliphatic heterocycles. The van der Waals surface area contributed by atoms with Crippen molar-refractivity contribution in [3.63, 3.8) is 0 Å². The van der Waals surface area contributed by atoms with Crippen molar-refractivity contribution in [2.24, 2.45) is 0 Å². The van der Waals surface area contributed by atoms with Crippen molar-refractivity contribution in [3.8, 4) is 11.4 Å². The van der Waals surface area contributed by atoms with Gasteiger partial charge >= 0.3 is 0 Å². The normalized spacial score (nSPS) is 10.8. The fourth-order valence-electron chi connectivity index (χ4n) is 1.64. The van der Waals surface area contributed by atoms with Crippen molar-refractivity contribution in [1.29, 1.82) is 0 Å². The summed E-state index contributed by atoms with van der Waals surface area (Å²) in [5, 5.41) is 15.8. The van der Waals surface area contributed by atoms with Crippen LogP contribution in [0.3, 0.4) is 0 Å². The molecule has 90 valence electrons. The van der Waals surface area contributed by atoms with Gasteiger partial charge in [0.2, 0.25) is 0 Å². The quantitative estimate of drug-likeness (QED) is 0.876. The fourth-order valence-corrected chi connectivity index (χ4v) is 1.64. The zero-order valence-corrected chi connectivity index (χ0v) is 10.4. The molecule has 0 saturated carbocycles. The summed E-state index contributed by atoms with van der Waals surface area (Å²) >= 11 is 0. The lowest BCUT2D eigenvalue weighted by molar-refractivity contribution is 0.664. The van der Waals surface area contributed by atoms with E-state index in [2.05, 4.69) is 41.4 Å². The molecule has 0 bridgehead atoms. The van der Waals surface area contributed by atoms with Crippen LogP contribution in [-0.2, 0) is 6.54 Å². The van der Waals surface area contributed by atoms with Crippen LogP contribution in [0, 0.1) is 0 Å². The highest BCUT2D eigenvalue weighted by Crippen LogP contribution is 2.16. The Morgan fingerprint density at radius 1 is 1.24 bits per heavy atom. The molecule has 0 aromatic carbocycles. The molecule has 0 saturated heterocycles. The Balaban J connectivity index is 2.23. The SMILES string of the molecule is CCn1nccc1-c1ccc(NC(C)C)nn1. The van der Waals surface area contributed by atoms with Crippen molar-refractivity contribution in [2.75, 3.05) is 5.32 Å². The smallest absolute Gasteiger partial charge is 0.148 e. The standard InChI is InChI=1S/C12H17N5/c1-4-17-11(7-8-13-17)10-5-6-12(16-15-10)14-9(2)3/h5-9H,4H2,1-3H3,(H,14,16). The average Bonchev–Trinajstić information content (AvgIpc) is 2.77. The second-order valence-corrected chi connectivity index (χ2v) is 4.14. The summed E-state index contributed by atoms with van der Waals surface area (Å²) < 4.78 is 1.90. The van der Waals surface area contributed by atoms with Crippen molar-refractivity contribution < 1.29 is 0 Å². The molecule has 0 unspecified atom stereocenters. The number of anilines is 1. The molecule has 0 spiro atoms. The van der Waals surface area contributed by atoms with Crippen molar-refractivity contribution >= 4 is 5.82 Å². The third-order valence-electron chi connectivity index (χ3n) is 2.38. The molecule has 2 heterocycles. The van der Waals surface area contributed by atoms with Gasteiger partial charge in [0.15, 0.2) is 0 Å². The van der Waals surface area contributed by atoms with Gasteiger partial charge < -0.3 is 5.32 Å². The minimum absolute atomic E-state index is 0.358. The van der Waals surface area contributed by atoms with Gasteiger partial charge in [0.05, 0.1) is 5.69 Å². The van der Waals surface area contributed by atoms with Crippen LogP contribution < -0.4 is 5.32 Å². The van der Waals surface area contributed by atoms with Crippen LogP contribution in [0.25, 0.3) is 11.4 Å². The highest BCUT2D eigenvalue weighted by molar-refractivity contribution is 5.55. The predicted octanol–water partition coefficient (Wildman–Crippen LogP) is 2.18. The fraction of sp³-hybridized carbons (Fsp3) is 0.417. The van der Waals surface area contributed by atoms with E-state index in [0.29, 0.717) is 6.04 Å². The van der Waals surface area contributed by atoms with Gasteiger partial charge in [-0.15, -0.1) is 10.2 Å². The number of nitrogens with one attached hydrogen (secondary N) is 1. The Morgan fingerprint density at radius 2 is 2.06 bits per heavy atom. The first-order valence-corrected chi connectivity index (χ1v) is 5.83. The first-order chi connectivity index (χ1) is 8.20. The largest absolute Gasteiger partial charge is 0.366 e. The molecular weight excluding hydrogens is 214 g/mol. The predicted molar refractivity (Wildman–Crippen MR) is 67.7 cm³/mol. The zero-order chi connectivity index (χ0) is 12.3. The van der Waals surface area contributed by atoms with Crippen LogP contribution >= 0.6 is 0 Å². The molecule has 1 N–H and O–H groups in total. The monoisotopic (exact) mass is 231 g/mol. The third-order valence-corrected chi connectivity index (χ3v) is 2.38. The molecule has 0 aliphatic rings. The summed E-state index contributed by atoms with van der Waals surface area (Å²) in [4.78, 5) is 0. The van der Waals surface area contributed by atoms with E-state index < -0.39 is 0 Å². The van der Waals surface area contributed by atoms with Crippen LogP contribution in [0.15, 0.2) is 24.4 Å². The molecule has 0 amide bonds. The van der Waals surface area contributed by atoms with Gasteiger partial charge in [0, 0.05) is 18.8 Å². The molecular formula is C12H17N5. The lowest BCUT2D eigenvalue weighted by Crippen LogP contribution is -2.11. The molecule has 2 rings (SSSR count). The van der Waals surface area contributed by atoms with Crippen molar-refractivity contribution in [3.05, 3.63) is 24.4 Å². The van der Waals surface area contributed by atoms with Crippen LogP contribution in [0.5, 0.6) is 0 Å². The number of hydrogen-bond acceptors (Lipinski definition) is 4. The lowest BCUT2D eigenvalue weighted by Gasteiger charge is -2.08. The van der Waals surface area contributed by atoms with Gasteiger partial charge in [0.25, 0.3) is 0 Å². The van der Waals surface area contributed by atoms with Crippen LogP contribution in [0.1, 0.15) is 20.8 Å². The first kappa shape index (κ1) is 11.6. The molecule has 17 heavy (non-hydrogen) atoms. The Kier molecular flexibility index (Phi) is 3.37. The Hall–Kier alpha value is -1.91. The number of nitrogens with zero attached hydrogens (tertiary/aromatic N) is 4. The van der Waals surface area contributed by atoms with E-state index in [1.165, 1.54) is 0 Å². The van der Waals surface area contributed by atoms with Gasteiger partial charge in [0.1, 0.15) is 11.5 Å². The van der Waals surface area contributed by atoms with Gasteiger partial charge in [-0.2, -0.15) is 5.10 Å². The molecule has 0 radical (unpaired) electrons. The summed E-state index contributed by atoms with van der Waals surface area (Å²) in [6.45, 7) is 7.03. The number of rotatable bonds is 4. The number of hydrogen-bond donors (Lipinski definition) is 1. The summed E-state index contributed by atoms with van der Waals surface area (Å²) in [6, 6.07) is 6.20. The van der Waals surface area contributed by atoms with Crippen LogP contribution in [0.2, 0.25) is 0 Å². The molecule has 5 nitrogen and oxygen atoms in total. The van der Waals surface area contributed by atoms with E-state index in [0.717, 1.165) is 23.8 Å². The summed E-state index contributed by atoms with van der Waals surface area (Å²) in [5.74, 6) is 0.798. The topological polar surface area (TPSA) is 55.6 Å². The maximum absolute atomic E-state index is 4.22. The maximum Gasteiger partial charge on any atom is 0.148 e. The Morgan fingerprint density at radius 3 is 2.65 bits per heavy atom. The van der Waals surface area contributed by atoms with Crippen molar-refractivity contribution in [2.45, 2.75) is 33.4 Å². The lowest BCUT2D eigenvalue weighted by atomic mass is 10.3. The zero-order valence-electron chi connectivity index (χ0n) is 10.4. The van der Waals surface area contributed by atoms with Gasteiger partial charge in [-0.1, -0.05) is 0 Å². The maximum atomic E-state index is 4.22. The number of aromatic nitrogens is 4. The summed E-state index contributed by atoms with van der Waals surface area (Å²) in [5.41, 5.74) is 1.84. The molecule has 2 aromatic rings. The highest BCUT2D eigenvalue weighted by atomic mass is 15.3. The second-order valence-electron chi connectivity index (χ2n) is 4.14. The molecule has 0 aliphatic carbocycles. The first-order valence-electron chi connectivity index (χ1n) is 5.83. The molecule has 5 heteroatoms. The summed E-state index contributed by atoms with van der Waals surface area (Å²) in [7, 11) is 0. The van der Waals surface area contributed by atoms with E-state index >= 15 is 0 Å². The van der Waals surface area contributed by atoms with Gasteiger partial charge in [-0.05, 0) is 39.0 Å². The van der Waals surface area contributed by atoms with Crippen LogP contribution in [-0.4, -0.2) is 26.0 Å². The minimum Gasteiger partial charge on any atom is -0.366 e. The van der Waals surface area contributed by atoms with E-state index in [1.54, 1.807) is 6.20 Å². The van der Waals surface area contributed by atoms with E-state index in [9.17, 15) is 0 Å². The minimum atomic E-state index is 0.358. The second kappa shape index (κ2) is 4.95. The van der Waals surface area contributed by atoms with Gasteiger partial charge in [-0.3, -0.25) is 4.68 Å². The number of aryl methyl sites for hydroxylation is 1. The Bertz CT molecular complexity index is 472. The highest BCUT2D eigenvalue weighted by Gasteiger charge is 2.06. The van der Waals surface area contributed by atoms with E-state index in [4.69, 9.17) is 0 Å².